The highest BCUT2D eigenvalue weighted by molar-refractivity contribution is 5.77. The number of carbonyl (C=O) groups is 1. The van der Waals surface area contributed by atoms with Crippen molar-refractivity contribution in [3.8, 4) is 11.3 Å². The molecule has 0 saturated carbocycles. The maximum Gasteiger partial charge on any atom is 0.416 e. The molecule has 7 heteroatoms. The molecule has 0 N–H and O–H groups in total. The van der Waals surface area contributed by atoms with E-state index in [2.05, 4.69) is 5.10 Å². The van der Waals surface area contributed by atoms with E-state index in [0.29, 0.717) is 0 Å². The lowest BCUT2D eigenvalue weighted by molar-refractivity contribution is -0.137. The van der Waals surface area contributed by atoms with Crippen molar-refractivity contribution in [3.63, 3.8) is 0 Å². The van der Waals surface area contributed by atoms with Crippen LogP contribution in [0.25, 0.3) is 11.3 Å². The minimum Gasteiger partial charge on any atom is -0.287 e. The van der Waals surface area contributed by atoms with Gasteiger partial charge in [0.05, 0.1) is 5.56 Å². The van der Waals surface area contributed by atoms with Crippen LogP contribution in [0.3, 0.4) is 0 Å². The number of alkyl halides is 3. The zero-order chi connectivity index (χ0) is 15.6. The van der Waals surface area contributed by atoms with Gasteiger partial charge < -0.3 is 0 Å². The van der Waals surface area contributed by atoms with Gasteiger partial charge in [0.1, 0.15) is 5.69 Å². The molecule has 1 heterocycles. The highest BCUT2D eigenvalue weighted by Crippen LogP contribution is 2.31. The molecule has 0 saturated heterocycles. The minimum atomic E-state index is -4.51. The van der Waals surface area contributed by atoms with Crippen LogP contribution in [0.4, 0.5) is 13.2 Å². The van der Waals surface area contributed by atoms with Crippen LogP contribution in [0, 0.1) is 0 Å². The highest BCUT2D eigenvalue weighted by atomic mass is 19.4. The van der Waals surface area contributed by atoms with Crippen molar-refractivity contribution >= 4 is 5.91 Å². The molecule has 0 radical (unpaired) electrons. The molecule has 0 atom stereocenters. The summed E-state index contributed by atoms with van der Waals surface area (Å²) >= 11 is 0. The van der Waals surface area contributed by atoms with E-state index in [1.54, 1.807) is 6.92 Å². The van der Waals surface area contributed by atoms with Crippen LogP contribution in [-0.4, -0.2) is 15.7 Å². The molecule has 4 nitrogen and oxygen atoms in total. The van der Waals surface area contributed by atoms with Gasteiger partial charge in [-0.25, -0.2) is 4.68 Å². The molecule has 0 aliphatic carbocycles. The first-order valence-electron chi connectivity index (χ1n) is 6.13. The minimum absolute atomic E-state index is 0.0214. The molecule has 110 valence electrons. The van der Waals surface area contributed by atoms with Crippen molar-refractivity contribution in [3.05, 3.63) is 52.3 Å². The Hall–Kier alpha value is -2.44. The molecular weight excluding hydrogens is 285 g/mol. The summed E-state index contributed by atoms with van der Waals surface area (Å²) < 4.78 is 39.0. The molecule has 0 spiro atoms. The van der Waals surface area contributed by atoms with E-state index in [1.807, 2.05) is 0 Å². The lowest BCUT2D eigenvalue weighted by atomic mass is 10.1. The third-order valence-electron chi connectivity index (χ3n) is 2.83. The Balaban J connectivity index is 2.56. The molecular formula is C14H11F3N2O2. The third kappa shape index (κ3) is 3.18. The van der Waals surface area contributed by atoms with Gasteiger partial charge in [0.25, 0.3) is 0 Å². The predicted octanol–water partition coefficient (Wildman–Crippen LogP) is 2.98. The summed E-state index contributed by atoms with van der Waals surface area (Å²) in [6.07, 6.45) is -3.15. The topological polar surface area (TPSA) is 52.0 Å². The van der Waals surface area contributed by atoms with Crippen molar-refractivity contribution < 1.29 is 18.0 Å². The average Bonchev–Trinajstić information content (AvgIpc) is 2.46. The maximum absolute atomic E-state index is 12.7. The summed E-state index contributed by atoms with van der Waals surface area (Å²) in [6, 6.07) is 5.39. The fourth-order valence-electron chi connectivity index (χ4n) is 1.75. The Morgan fingerprint density at radius 1 is 1.29 bits per heavy atom. The summed E-state index contributed by atoms with van der Waals surface area (Å²) in [6.45, 7) is 1.62. The zero-order valence-corrected chi connectivity index (χ0v) is 11.0. The van der Waals surface area contributed by atoms with Gasteiger partial charge in [-0.1, -0.05) is 19.1 Å². The van der Waals surface area contributed by atoms with Crippen molar-refractivity contribution in [2.75, 3.05) is 0 Å². The lowest BCUT2D eigenvalue weighted by Gasteiger charge is -2.09. The Bertz CT molecular complexity index is 735. The Morgan fingerprint density at radius 3 is 2.62 bits per heavy atom. The van der Waals surface area contributed by atoms with E-state index in [-0.39, 0.29) is 23.6 Å². The fraction of sp³-hybridized carbons (Fsp3) is 0.214. The molecule has 0 aliphatic heterocycles. The molecule has 21 heavy (non-hydrogen) atoms. The van der Waals surface area contributed by atoms with Crippen molar-refractivity contribution in [2.45, 2.75) is 19.5 Å². The van der Waals surface area contributed by atoms with Crippen molar-refractivity contribution in [2.24, 2.45) is 0 Å². The standard InChI is InChI=1S/C14H11F3N2O2/c1-2-12(21)19-7-6-11(20)13(18-19)9-4-3-5-10(8-9)14(15,16)17/h3-8H,2H2,1H3. The van der Waals surface area contributed by atoms with Crippen LogP contribution in [0.1, 0.15) is 23.7 Å². The number of nitrogens with zero attached hydrogens (tertiary/aromatic N) is 2. The van der Waals surface area contributed by atoms with Crippen molar-refractivity contribution in [1.29, 1.82) is 0 Å². The van der Waals surface area contributed by atoms with Crippen LogP contribution >= 0.6 is 0 Å². The second-order valence-corrected chi connectivity index (χ2v) is 4.30. The van der Waals surface area contributed by atoms with Gasteiger partial charge in [-0.3, -0.25) is 9.59 Å². The SMILES string of the molecule is CCC(=O)n1ccc(=O)c(-c2cccc(C(F)(F)F)c2)n1. The van der Waals surface area contributed by atoms with E-state index < -0.39 is 17.2 Å². The largest absolute Gasteiger partial charge is 0.416 e. The van der Waals surface area contributed by atoms with Gasteiger partial charge in [0.2, 0.25) is 11.3 Å². The first-order chi connectivity index (χ1) is 9.82. The zero-order valence-electron chi connectivity index (χ0n) is 11.0. The number of halogens is 3. The summed E-state index contributed by atoms with van der Waals surface area (Å²) in [4.78, 5) is 23.3. The first kappa shape index (κ1) is 15.0. The predicted molar refractivity (Wildman–Crippen MR) is 69.9 cm³/mol. The normalized spacial score (nSPS) is 11.4. The summed E-state index contributed by atoms with van der Waals surface area (Å²) in [5, 5.41) is 3.82. The van der Waals surface area contributed by atoms with Gasteiger partial charge in [-0.05, 0) is 12.1 Å². The molecule has 1 aromatic heterocycles. The Labute approximate surface area is 117 Å². The molecule has 0 aliphatic rings. The number of hydrogen-bond acceptors (Lipinski definition) is 3. The van der Waals surface area contributed by atoms with Crippen LogP contribution in [0.15, 0.2) is 41.3 Å². The molecule has 0 amide bonds. The van der Waals surface area contributed by atoms with Gasteiger partial charge in [0, 0.05) is 24.2 Å². The summed E-state index contributed by atoms with van der Waals surface area (Å²) in [5.74, 6) is -0.358. The third-order valence-corrected chi connectivity index (χ3v) is 2.83. The van der Waals surface area contributed by atoms with Gasteiger partial charge in [0.15, 0.2) is 0 Å². The molecule has 1 aromatic carbocycles. The van der Waals surface area contributed by atoms with Crippen LogP contribution in [-0.2, 0) is 6.18 Å². The molecule has 0 bridgehead atoms. The number of aromatic nitrogens is 2. The molecule has 2 aromatic rings. The van der Waals surface area contributed by atoms with Crippen LogP contribution in [0.2, 0.25) is 0 Å². The van der Waals surface area contributed by atoms with E-state index in [0.717, 1.165) is 22.9 Å². The van der Waals surface area contributed by atoms with Crippen molar-refractivity contribution in [1.82, 2.24) is 9.78 Å². The molecule has 2 rings (SSSR count). The van der Waals surface area contributed by atoms with Gasteiger partial charge >= 0.3 is 6.18 Å². The number of benzene rings is 1. The Kier molecular flexibility index (Phi) is 3.93. The second-order valence-electron chi connectivity index (χ2n) is 4.30. The van der Waals surface area contributed by atoms with E-state index in [4.69, 9.17) is 0 Å². The van der Waals surface area contributed by atoms with Gasteiger partial charge in [-0.2, -0.15) is 18.3 Å². The van der Waals surface area contributed by atoms with Gasteiger partial charge in [-0.15, -0.1) is 0 Å². The monoisotopic (exact) mass is 296 g/mol. The van der Waals surface area contributed by atoms with Crippen LogP contribution in [0.5, 0.6) is 0 Å². The average molecular weight is 296 g/mol. The summed E-state index contributed by atoms with van der Waals surface area (Å²) in [7, 11) is 0. The second kappa shape index (κ2) is 5.51. The molecule has 0 unspecified atom stereocenters. The maximum atomic E-state index is 12.7. The first-order valence-corrected chi connectivity index (χ1v) is 6.13. The molecule has 0 fully saturated rings. The van der Waals surface area contributed by atoms with Crippen LogP contribution < -0.4 is 5.43 Å². The summed E-state index contributed by atoms with van der Waals surface area (Å²) in [5.41, 5.74) is -1.59. The van der Waals surface area contributed by atoms with E-state index >= 15 is 0 Å². The lowest BCUT2D eigenvalue weighted by Crippen LogP contribution is -2.19. The van der Waals surface area contributed by atoms with E-state index in [1.165, 1.54) is 18.3 Å². The highest BCUT2D eigenvalue weighted by Gasteiger charge is 2.30. The number of hydrogen-bond donors (Lipinski definition) is 0. The quantitative estimate of drug-likeness (QED) is 0.856. The smallest absolute Gasteiger partial charge is 0.287 e. The fourth-order valence-corrected chi connectivity index (χ4v) is 1.75. The van der Waals surface area contributed by atoms with E-state index in [9.17, 15) is 22.8 Å². The number of rotatable bonds is 2. The Morgan fingerprint density at radius 2 is 2.00 bits per heavy atom. The number of carbonyl (C=O) groups excluding carboxylic acids is 1.